The molecular formula is C47H48Cl2Zr-2. The number of rotatable bonds is 3. The topological polar surface area (TPSA) is 0 Å². The first kappa shape index (κ1) is 41.2. The molecule has 0 saturated carbocycles. The van der Waals surface area contributed by atoms with Gasteiger partial charge in [0, 0.05) is 0 Å². The van der Waals surface area contributed by atoms with Crippen molar-refractivity contribution in [3.63, 3.8) is 0 Å². The second-order valence-electron chi connectivity index (χ2n) is 14.9. The van der Waals surface area contributed by atoms with Crippen LogP contribution < -0.4 is 24.8 Å². The van der Waals surface area contributed by atoms with E-state index in [9.17, 15) is 0 Å². The van der Waals surface area contributed by atoms with Crippen LogP contribution in [0.5, 0.6) is 0 Å². The molecule has 0 fully saturated rings. The van der Waals surface area contributed by atoms with Gasteiger partial charge in [-0.3, -0.25) is 6.08 Å². The van der Waals surface area contributed by atoms with Crippen molar-refractivity contribution in [2.24, 2.45) is 5.92 Å². The summed E-state index contributed by atoms with van der Waals surface area (Å²) in [4.78, 5) is 0. The van der Waals surface area contributed by atoms with E-state index in [1.165, 1.54) is 87.9 Å². The van der Waals surface area contributed by atoms with Crippen LogP contribution in [0.4, 0.5) is 0 Å². The summed E-state index contributed by atoms with van der Waals surface area (Å²) in [5.41, 5.74) is 9.78. The standard InChI is InChI=1S/C21H25.C13H13.C13H10.2ClH.Zr/c1-20(2,3)16-9-7-14-11-15-8-10-17(21(4,5)6)13-19(15)18(14)12-16;1-10-8-11(2)13(9-10)12-6-4-3-5-7-12;1-3-7-12(8-4-1)11-13-9-5-2-6-10-13;;;/h7-13H,1-6H3;3-7,9-10H,1-2H3;1-10H;2*1H;/q2*-1;;;;+2/p-2. The molecule has 0 N–H and O–H groups in total. The number of fused-ring (bicyclic) bond motifs is 3. The third kappa shape index (κ3) is 10.4. The first-order chi connectivity index (χ1) is 22.8. The Kier molecular flexibility index (Phi) is 14.7. The van der Waals surface area contributed by atoms with Crippen LogP contribution in [-0.4, -0.2) is 3.21 Å². The first-order valence-corrected chi connectivity index (χ1v) is 18.3. The van der Waals surface area contributed by atoms with Crippen LogP contribution in [0.15, 0.2) is 145 Å². The first-order valence-electron chi connectivity index (χ1n) is 17.0. The molecule has 1 unspecified atom stereocenters. The Morgan fingerprint density at radius 2 is 1.00 bits per heavy atom. The van der Waals surface area contributed by atoms with Gasteiger partial charge in [0.1, 0.15) is 0 Å². The van der Waals surface area contributed by atoms with Gasteiger partial charge in [0.25, 0.3) is 0 Å². The van der Waals surface area contributed by atoms with E-state index in [0.717, 1.165) is 0 Å². The zero-order valence-corrected chi connectivity index (χ0v) is 34.6. The molecule has 0 heterocycles. The van der Waals surface area contributed by atoms with Crippen LogP contribution in [-0.2, 0) is 35.1 Å². The molecule has 0 saturated heterocycles. The minimum atomic E-state index is 0. The van der Waals surface area contributed by atoms with Crippen molar-refractivity contribution in [3.05, 3.63) is 179 Å². The maximum atomic E-state index is 3.39. The number of allylic oxidation sites excluding steroid dienone is 4. The molecule has 6 aromatic carbocycles. The molecule has 1 aliphatic carbocycles. The third-order valence-electron chi connectivity index (χ3n) is 8.91. The van der Waals surface area contributed by atoms with E-state index in [1.807, 2.05) is 6.07 Å². The van der Waals surface area contributed by atoms with Crippen molar-refractivity contribution in [1.29, 1.82) is 0 Å². The fourth-order valence-corrected chi connectivity index (χ4v) is 6.89. The predicted molar refractivity (Wildman–Crippen MR) is 207 cm³/mol. The molecular weight excluding hydrogens is 727 g/mol. The zero-order valence-electron chi connectivity index (χ0n) is 30.6. The van der Waals surface area contributed by atoms with Gasteiger partial charge in [-0.1, -0.05) is 127 Å². The van der Waals surface area contributed by atoms with Crippen molar-refractivity contribution < 1.29 is 49.0 Å². The van der Waals surface area contributed by atoms with E-state index in [-0.39, 0.29) is 35.6 Å². The fraction of sp³-hybridized carbons (Fsp3) is 0.234. The quantitative estimate of drug-likeness (QED) is 0.178. The Labute approximate surface area is 328 Å². The van der Waals surface area contributed by atoms with E-state index >= 15 is 0 Å². The molecule has 0 spiro atoms. The molecule has 0 bridgehead atoms. The van der Waals surface area contributed by atoms with Gasteiger partial charge in [0.2, 0.25) is 0 Å². The van der Waals surface area contributed by atoms with Gasteiger partial charge < -0.3 is 24.8 Å². The molecule has 6 aromatic rings. The SMILES string of the molecule is CC(C)(C)c1ccc2[cH-]c3ccc(C(C)(C)C)cc3c2c1.CC1=[C-]C(C)C=C1c1ccccc1.[Cl-].[Cl-].[Zr+2]=[C](c1ccccc1)c1ccccc1. The Morgan fingerprint density at radius 1 is 0.600 bits per heavy atom. The number of hydrogen-bond acceptors (Lipinski definition) is 0. The summed E-state index contributed by atoms with van der Waals surface area (Å²) in [7, 11) is 0. The second-order valence-corrected chi connectivity index (χ2v) is 16.1. The van der Waals surface area contributed by atoms with Crippen molar-refractivity contribution in [3.8, 4) is 0 Å². The van der Waals surface area contributed by atoms with Crippen molar-refractivity contribution in [1.82, 2.24) is 0 Å². The number of benzene rings is 5. The monoisotopic (exact) mass is 772 g/mol. The Bertz CT molecular complexity index is 1940. The van der Waals surface area contributed by atoms with E-state index in [0.29, 0.717) is 5.92 Å². The summed E-state index contributed by atoms with van der Waals surface area (Å²) >= 11 is 1.46. The molecule has 0 nitrogen and oxygen atoms in total. The van der Waals surface area contributed by atoms with E-state index in [4.69, 9.17) is 0 Å². The Morgan fingerprint density at radius 3 is 1.36 bits per heavy atom. The average molecular weight is 775 g/mol. The summed E-state index contributed by atoms with van der Waals surface area (Å²) in [6, 6.07) is 47.7. The molecule has 50 heavy (non-hydrogen) atoms. The van der Waals surface area contributed by atoms with Crippen LogP contribution in [0, 0.1) is 12.0 Å². The molecule has 0 amide bonds. The zero-order chi connectivity index (χ0) is 34.5. The molecule has 0 aromatic heterocycles. The van der Waals surface area contributed by atoms with Gasteiger partial charge in [-0.05, 0) is 10.8 Å². The van der Waals surface area contributed by atoms with Gasteiger partial charge in [-0.25, -0.2) is 5.57 Å². The maximum absolute atomic E-state index is 3.39. The molecule has 1 aliphatic rings. The molecule has 7 rings (SSSR count). The minimum absolute atomic E-state index is 0. The van der Waals surface area contributed by atoms with Gasteiger partial charge in [0.15, 0.2) is 0 Å². The van der Waals surface area contributed by atoms with Crippen LogP contribution in [0.3, 0.4) is 0 Å². The average Bonchev–Trinajstić information content (AvgIpc) is 3.63. The van der Waals surface area contributed by atoms with Crippen LogP contribution in [0.25, 0.3) is 27.1 Å². The van der Waals surface area contributed by atoms with Crippen LogP contribution in [0.1, 0.15) is 83.2 Å². The number of halogens is 2. The van der Waals surface area contributed by atoms with Crippen LogP contribution >= 0.6 is 0 Å². The molecule has 0 aliphatic heterocycles. The molecule has 0 radical (unpaired) electrons. The van der Waals surface area contributed by atoms with Gasteiger partial charge >= 0.3 is 99.2 Å². The summed E-state index contributed by atoms with van der Waals surface area (Å²) in [6.45, 7) is 18.0. The second kappa shape index (κ2) is 17.8. The molecule has 256 valence electrons. The van der Waals surface area contributed by atoms with E-state index in [2.05, 4.69) is 195 Å². The molecule has 1 atom stereocenters. The summed E-state index contributed by atoms with van der Waals surface area (Å²) in [5.74, 6) is 0.468. The predicted octanol–water partition coefficient (Wildman–Crippen LogP) is 6.59. The summed E-state index contributed by atoms with van der Waals surface area (Å²) < 4.78 is 1.42. The van der Waals surface area contributed by atoms with Gasteiger partial charge in [-0.15, -0.1) is 45.3 Å². The van der Waals surface area contributed by atoms with E-state index in [1.54, 1.807) is 0 Å². The van der Waals surface area contributed by atoms with Crippen molar-refractivity contribution in [2.75, 3.05) is 0 Å². The Balaban J connectivity index is 0.000000206. The van der Waals surface area contributed by atoms with Crippen LogP contribution in [0.2, 0.25) is 0 Å². The van der Waals surface area contributed by atoms with Gasteiger partial charge in [-0.2, -0.15) is 11.6 Å². The normalized spacial score (nSPS) is 13.8. The van der Waals surface area contributed by atoms with Crippen molar-refractivity contribution in [2.45, 2.75) is 66.2 Å². The summed E-state index contributed by atoms with van der Waals surface area (Å²) in [6.07, 6.45) is 5.66. The van der Waals surface area contributed by atoms with E-state index < -0.39 is 0 Å². The fourth-order valence-electron chi connectivity index (χ4n) is 6.07. The van der Waals surface area contributed by atoms with Crippen molar-refractivity contribution >= 4 is 30.3 Å². The third-order valence-corrected chi connectivity index (χ3v) is 10.3. The van der Waals surface area contributed by atoms with Gasteiger partial charge in [0.05, 0.1) is 0 Å². The summed E-state index contributed by atoms with van der Waals surface area (Å²) in [5, 5.41) is 5.49. The Hall–Kier alpha value is -3.22. The number of hydrogen-bond donors (Lipinski definition) is 0. The molecule has 3 heteroatoms.